The highest BCUT2D eigenvalue weighted by Crippen LogP contribution is 2.27. The van der Waals surface area contributed by atoms with Crippen molar-refractivity contribution in [1.82, 2.24) is 9.78 Å². The summed E-state index contributed by atoms with van der Waals surface area (Å²) in [4.78, 5) is 10.9. The van der Waals surface area contributed by atoms with Crippen molar-refractivity contribution in [2.75, 3.05) is 6.61 Å². The van der Waals surface area contributed by atoms with Crippen molar-refractivity contribution in [2.24, 2.45) is 0 Å². The van der Waals surface area contributed by atoms with E-state index in [1.807, 2.05) is 0 Å². The van der Waals surface area contributed by atoms with Gasteiger partial charge in [-0.15, -0.1) is 0 Å². The lowest BCUT2D eigenvalue weighted by molar-refractivity contribution is -0.141. The van der Waals surface area contributed by atoms with Crippen LogP contribution in [0.2, 0.25) is 0 Å². The summed E-state index contributed by atoms with van der Waals surface area (Å²) in [6.07, 6.45) is -3.29. The topological polar surface area (TPSA) is 64.3 Å². The number of aromatic carboxylic acids is 1. The molecule has 0 radical (unpaired) electrons. The zero-order chi connectivity index (χ0) is 15.5. The zero-order valence-electron chi connectivity index (χ0n) is 10.7. The molecule has 2 rings (SSSR count). The predicted octanol–water partition coefficient (Wildman–Crippen LogP) is 2.68. The average Bonchev–Trinajstić information content (AvgIpc) is 2.88. The van der Waals surface area contributed by atoms with Gasteiger partial charge in [-0.3, -0.25) is 4.68 Å². The molecule has 0 amide bonds. The van der Waals surface area contributed by atoms with E-state index in [9.17, 15) is 18.0 Å². The number of carboxylic acid groups (broad SMARTS) is 1. The van der Waals surface area contributed by atoms with Crippen molar-refractivity contribution in [3.8, 4) is 5.75 Å². The van der Waals surface area contributed by atoms with Crippen LogP contribution in [0, 0.1) is 0 Å². The van der Waals surface area contributed by atoms with E-state index >= 15 is 0 Å². The van der Waals surface area contributed by atoms with Gasteiger partial charge < -0.3 is 9.84 Å². The van der Waals surface area contributed by atoms with Crippen molar-refractivity contribution in [1.29, 1.82) is 0 Å². The van der Waals surface area contributed by atoms with Gasteiger partial charge in [0.15, 0.2) is 5.69 Å². The summed E-state index contributed by atoms with van der Waals surface area (Å²) in [5, 5.41) is 12.3. The molecule has 1 aromatic carbocycles. The van der Waals surface area contributed by atoms with Crippen molar-refractivity contribution < 1.29 is 27.8 Å². The van der Waals surface area contributed by atoms with Gasteiger partial charge in [0.2, 0.25) is 0 Å². The molecule has 0 bridgehead atoms. The number of hydrogen-bond donors (Lipinski definition) is 1. The van der Waals surface area contributed by atoms with Crippen LogP contribution >= 0.6 is 0 Å². The van der Waals surface area contributed by atoms with Gasteiger partial charge in [-0.05, 0) is 18.2 Å². The molecule has 2 aromatic rings. The van der Waals surface area contributed by atoms with Gasteiger partial charge in [0.05, 0.1) is 6.54 Å². The number of aromatic nitrogens is 2. The number of carbonyl (C=O) groups is 1. The van der Waals surface area contributed by atoms with Crippen LogP contribution in [0.4, 0.5) is 13.2 Å². The van der Waals surface area contributed by atoms with Gasteiger partial charge in [0.25, 0.3) is 0 Å². The highest BCUT2D eigenvalue weighted by atomic mass is 19.4. The number of carboxylic acids is 1. The van der Waals surface area contributed by atoms with E-state index in [0.29, 0.717) is 0 Å². The van der Waals surface area contributed by atoms with E-state index in [4.69, 9.17) is 9.84 Å². The summed E-state index contributed by atoms with van der Waals surface area (Å²) in [6.45, 7) is 0.0767. The van der Waals surface area contributed by atoms with Crippen molar-refractivity contribution in [3.05, 3.63) is 47.8 Å². The Labute approximate surface area is 117 Å². The first-order valence-corrected chi connectivity index (χ1v) is 5.93. The summed E-state index contributed by atoms with van der Waals surface area (Å²) in [6, 6.07) is 6.89. The zero-order valence-corrected chi connectivity index (χ0v) is 10.7. The number of nitrogens with zero attached hydrogens (tertiary/aromatic N) is 2. The average molecular weight is 300 g/mol. The lowest BCUT2D eigenvalue weighted by Crippen LogP contribution is -2.12. The molecule has 0 unspecified atom stereocenters. The highest BCUT2D eigenvalue weighted by molar-refractivity contribution is 5.90. The van der Waals surface area contributed by atoms with Crippen LogP contribution in [0.15, 0.2) is 36.5 Å². The SMILES string of the molecule is O=C(O)c1ccccc1OCCn1ccc(C(F)(F)F)n1. The third kappa shape index (κ3) is 3.74. The number of halogens is 3. The second kappa shape index (κ2) is 5.86. The summed E-state index contributed by atoms with van der Waals surface area (Å²) in [5.74, 6) is -0.975. The maximum atomic E-state index is 12.4. The van der Waals surface area contributed by atoms with Gasteiger partial charge in [-0.1, -0.05) is 12.1 Å². The number of ether oxygens (including phenoxy) is 1. The Hall–Kier alpha value is -2.51. The monoisotopic (exact) mass is 300 g/mol. The lowest BCUT2D eigenvalue weighted by Gasteiger charge is -2.09. The Balaban J connectivity index is 1.96. The second-order valence-corrected chi connectivity index (χ2v) is 4.11. The minimum Gasteiger partial charge on any atom is -0.491 e. The van der Waals surface area contributed by atoms with Crippen LogP contribution in [-0.4, -0.2) is 27.5 Å². The van der Waals surface area contributed by atoms with Crippen molar-refractivity contribution >= 4 is 5.97 Å². The maximum Gasteiger partial charge on any atom is 0.435 e. The first-order valence-electron chi connectivity index (χ1n) is 5.93. The quantitative estimate of drug-likeness (QED) is 0.922. The molecule has 0 atom stereocenters. The molecule has 0 spiro atoms. The first kappa shape index (κ1) is 14.9. The molecule has 21 heavy (non-hydrogen) atoms. The van der Waals surface area contributed by atoms with Gasteiger partial charge >= 0.3 is 12.1 Å². The van der Waals surface area contributed by atoms with Crippen LogP contribution in [0.25, 0.3) is 0 Å². The fourth-order valence-corrected chi connectivity index (χ4v) is 1.66. The van der Waals surface area contributed by atoms with E-state index in [2.05, 4.69) is 5.10 Å². The van der Waals surface area contributed by atoms with Crippen LogP contribution < -0.4 is 4.74 Å². The Morgan fingerprint density at radius 2 is 2.00 bits per heavy atom. The number of para-hydroxylation sites is 1. The van der Waals surface area contributed by atoms with Gasteiger partial charge in [0.1, 0.15) is 17.9 Å². The summed E-state index contributed by atoms with van der Waals surface area (Å²) in [7, 11) is 0. The number of hydrogen-bond acceptors (Lipinski definition) is 3. The number of benzene rings is 1. The fourth-order valence-electron chi connectivity index (χ4n) is 1.66. The molecule has 0 saturated heterocycles. The Bertz CT molecular complexity index is 638. The molecule has 0 aliphatic heterocycles. The molecule has 112 valence electrons. The van der Waals surface area contributed by atoms with Gasteiger partial charge in [0, 0.05) is 6.20 Å². The van der Waals surface area contributed by atoms with Crippen molar-refractivity contribution in [2.45, 2.75) is 12.7 Å². The second-order valence-electron chi connectivity index (χ2n) is 4.11. The fraction of sp³-hybridized carbons (Fsp3) is 0.231. The summed E-state index contributed by atoms with van der Waals surface area (Å²) >= 11 is 0. The molecule has 1 N–H and O–H groups in total. The normalized spacial score (nSPS) is 11.4. The van der Waals surface area contributed by atoms with E-state index < -0.39 is 17.8 Å². The van der Waals surface area contributed by atoms with E-state index in [1.165, 1.54) is 18.3 Å². The third-order valence-electron chi connectivity index (χ3n) is 2.63. The van der Waals surface area contributed by atoms with Gasteiger partial charge in [-0.2, -0.15) is 18.3 Å². The number of alkyl halides is 3. The molecular formula is C13H11F3N2O3. The molecule has 1 aromatic heterocycles. The largest absolute Gasteiger partial charge is 0.491 e. The van der Waals surface area contributed by atoms with Crippen LogP contribution in [0.1, 0.15) is 16.1 Å². The molecule has 0 saturated carbocycles. The standard InChI is InChI=1S/C13H11F3N2O3/c14-13(15,16)11-5-6-18(17-11)7-8-21-10-4-2-1-3-9(10)12(19)20/h1-6H,7-8H2,(H,19,20). The predicted molar refractivity (Wildman–Crippen MR) is 66.1 cm³/mol. The molecule has 0 aliphatic rings. The minimum atomic E-state index is -4.48. The van der Waals surface area contributed by atoms with E-state index in [1.54, 1.807) is 12.1 Å². The molecule has 1 heterocycles. The Morgan fingerprint density at radius 3 is 2.62 bits per heavy atom. The molecule has 8 heteroatoms. The van der Waals surface area contributed by atoms with Crippen LogP contribution in [0.3, 0.4) is 0 Å². The maximum absolute atomic E-state index is 12.4. The Morgan fingerprint density at radius 1 is 1.29 bits per heavy atom. The van der Waals surface area contributed by atoms with E-state index in [0.717, 1.165) is 10.7 Å². The molecule has 5 nitrogen and oxygen atoms in total. The minimum absolute atomic E-state index is 0.00324. The molecule has 0 aliphatic carbocycles. The number of rotatable bonds is 5. The summed E-state index contributed by atoms with van der Waals surface area (Å²) in [5.41, 5.74) is -0.984. The first-order chi connectivity index (χ1) is 9.88. The third-order valence-corrected chi connectivity index (χ3v) is 2.63. The summed E-state index contributed by atoms with van der Waals surface area (Å²) < 4.78 is 43.4. The lowest BCUT2D eigenvalue weighted by atomic mass is 10.2. The molecule has 0 fully saturated rings. The molecular weight excluding hydrogens is 289 g/mol. The van der Waals surface area contributed by atoms with Crippen LogP contribution in [-0.2, 0) is 12.7 Å². The smallest absolute Gasteiger partial charge is 0.435 e. The highest BCUT2D eigenvalue weighted by Gasteiger charge is 2.33. The van der Waals surface area contributed by atoms with Gasteiger partial charge in [-0.25, -0.2) is 4.79 Å². The van der Waals surface area contributed by atoms with E-state index in [-0.39, 0.29) is 24.5 Å². The van der Waals surface area contributed by atoms with Crippen LogP contribution in [0.5, 0.6) is 5.75 Å². The van der Waals surface area contributed by atoms with Crippen molar-refractivity contribution in [3.63, 3.8) is 0 Å². The Kier molecular flexibility index (Phi) is 4.15.